The Bertz CT molecular complexity index is 353. The highest BCUT2D eigenvalue weighted by molar-refractivity contribution is 5.81. The van der Waals surface area contributed by atoms with Gasteiger partial charge in [-0.2, -0.15) is 0 Å². The third kappa shape index (κ3) is 2.59. The van der Waals surface area contributed by atoms with Crippen molar-refractivity contribution in [2.75, 3.05) is 20.1 Å². The predicted molar refractivity (Wildman–Crippen MR) is 62.7 cm³/mol. The molecule has 0 aromatic heterocycles. The smallest absolute Gasteiger partial charge is 0.252 e. The molecule has 1 heterocycles. The highest BCUT2D eigenvalue weighted by Crippen LogP contribution is 2.01. The summed E-state index contributed by atoms with van der Waals surface area (Å²) in [5, 5.41) is 6.08. The number of hydrogen-bond acceptors (Lipinski definition) is 3. The Morgan fingerprint density at radius 3 is 2.88 bits per heavy atom. The minimum atomic E-state index is -0.177. The minimum absolute atomic E-state index is 0.0452. The van der Waals surface area contributed by atoms with E-state index < -0.39 is 0 Å². The van der Waals surface area contributed by atoms with Crippen LogP contribution in [-0.4, -0.2) is 37.1 Å². The summed E-state index contributed by atoms with van der Waals surface area (Å²) in [7, 11) is 1.95. The van der Waals surface area contributed by atoms with E-state index in [1.165, 1.54) is 0 Å². The summed E-state index contributed by atoms with van der Waals surface area (Å²) in [5.41, 5.74) is 1.12. The molecular weight excluding hydrogens is 202 g/mol. The highest BCUT2D eigenvalue weighted by atomic mass is 16.2. The molecule has 1 atom stereocenters. The second-order valence-corrected chi connectivity index (χ2v) is 4.04. The van der Waals surface area contributed by atoms with Crippen LogP contribution in [-0.2, 0) is 11.3 Å². The molecule has 1 aliphatic rings. The molecule has 0 radical (unpaired) electrons. The number of likely N-dealkylation sites (N-methyl/N-ethyl adjacent to an activating group) is 1. The zero-order valence-electron chi connectivity index (χ0n) is 9.44. The first-order valence-electron chi connectivity index (χ1n) is 5.52. The third-order valence-electron chi connectivity index (χ3n) is 2.80. The SMILES string of the molecule is CN1CCNC1C(=O)NCc1ccccc1. The topological polar surface area (TPSA) is 44.4 Å². The lowest BCUT2D eigenvalue weighted by atomic mass is 10.2. The summed E-state index contributed by atoms with van der Waals surface area (Å²) in [6, 6.07) is 9.93. The molecule has 0 aliphatic carbocycles. The Labute approximate surface area is 95.6 Å². The maximum atomic E-state index is 11.8. The van der Waals surface area contributed by atoms with Crippen molar-refractivity contribution in [3.63, 3.8) is 0 Å². The molecule has 1 fully saturated rings. The fourth-order valence-corrected chi connectivity index (χ4v) is 1.84. The quantitative estimate of drug-likeness (QED) is 0.761. The van der Waals surface area contributed by atoms with Crippen LogP contribution in [0.2, 0.25) is 0 Å². The van der Waals surface area contributed by atoms with Crippen molar-refractivity contribution in [3.05, 3.63) is 35.9 Å². The van der Waals surface area contributed by atoms with E-state index in [4.69, 9.17) is 0 Å². The van der Waals surface area contributed by atoms with Crippen LogP contribution in [0, 0.1) is 0 Å². The molecule has 16 heavy (non-hydrogen) atoms. The number of nitrogens with zero attached hydrogens (tertiary/aromatic N) is 1. The molecule has 86 valence electrons. The van der Waals surface area contributed by atoms with Gasteiger partial charge < -0.3 is 5.32 Å². The number of nitrogens with one attached hydrogen (secondary N) is 2. The Hall–Kier alpha value is -1.39. The summed E-state index contributed by atoms with van der Waals surface area (Å²) in [6.07, 6.45) is -0.177. The summed E-state index contributed by atoms with van der Waals surface area (Å²) < 4.78 is 0. The van der Waals surface area contributed by atoms with Crippen molar-refractivity contribution in [3.8, 4) is 0 Å². The second kappa shape index (κ2) is 5.09. The van der Waals surface area contributed by atoms with Crippen LogP contribution in [0.15, 0.2) is 30.3 Å². The Balaban J connectivity index is 1.84. The predicted octanol–water partition coefficient (Wildman–Crippen LogP) is 0.164. The molecule has 2 rings (SSSR count). The van der Waals surface area contributed by atoms with E-state index in [1.807, 2.05) is 42.3 Å². The van der Waals surface area contributed by atoms with Crippen LogP contribution in [0.1, 0.15) is 5.56 Å². The monoisotopic (exact) mass is 219 g/mol. The van der Waals surface area contributed by atoms with Crippen molar-refractivity contribution in [1.82, 2.24) is 15.5 Å². The van der Waals surface area contributed by atoms with Crippen molar-refractivity contribution in [1.29, 1.82) is 0 Å². The third-order valence-corrected chi connectivity index (χ3v) is 2.80. The Morgan fingerprint density at radius 1 is 1.50 bits per heavy atom. The molecule has 1 saturated heterocycles. The average Bonchev–Trinajstić information content (AvgIpc) is 2.74. The molecule has 1 aromatic rings. The molecule has 1 aromatic carbocycles. The normalized spacial score (nSPS) is 20.9. The molecule has 4 nitrogen and oxygen atoms in total. The molecule has 1 amide bonds. The van der Waals surface area contributed by atoms with Gasteiger partial charge in [-0.15, -0.1) is 0 Å². The number of hydrogen-bond donors (Lipinski definition) is 2. The molecule has 1 aliphatic heterocycles. The maximum Gasteiger partial charge on any atom is 0.252 e. The van der Waals surface area contributed by atoms with Crippen LogP contribution >= 0.6 is 0 Å². The van der Waals surface area contributed by atoms with Crippen LogP contribution in [0.4, 0.5) is 0 Å². The van der Waals surface area contributed by atoms with Gasteiger partial charge in [0, 0.05) is 19.6 Å². The van der Waals surface area contributed by atoms with E-state index in [1.54, 1.807) is 0 Å². The van der Waals surface area contributed by atoms with Gasteiger partial charge in [0.1, 0.15) is 6.17 Å². The lowest BCUT2D eigenvalue weighted by Gasteiger charge is -2.18. The molecule has 0 bridgehead atoms. The van der Waals surface area contributed by atoms with Crippen molar-refractivity contribution >= 4 is 5.91 Å². The molecule has 0 saturated carbocycles. The lowest BCUT2D eigenvalue weighted by Crippen LogP contribution is -2.47. The van der Waals surface area contributed by atoms with E-state index >= 15 is 0 Å². The van der Waals surface area contributed by atoms with Gasteiger partial charge >= 0.3 is 0 Å². The van der Waals surface area contributed by atoms with Crippen molar-refractivity contribution in [2.45, 2.75) is 12.7 Å². The zero-order chi connectivity index (χ0) is 11.4. The first kappa shape index (κ1) is 11.1. The first-order chi connectivity index (χ1) is 7.77. The molecule has 0 spiro atoms. The lowest BCUT2D eigenvalue weighted by molar-refractivity contribution is -0.125. The number of benzene rings is 1. The zero-order valence-corrected chi connectivity index (χ0v) is 9.44. The van der Waals surface area contributed by atoms with Gasteiger partial charge in [0.05, 0.1) is 0 Å². The molecule has 2 N–H and O–H groups in total. The molecule has 4 heteroatoms. The number of carbonyl (C=O) groups is 1. The van der Waals surface area contributed by atoms with Gasteiger partial charge in [0.2, 0.25) is 0 Å². The Morgan fingerprint density at radius 2 is 2.25 bits per heavy atom. The standard InChI is InChI=1S/C12H17N3O/c1-15-8-7-13-11(15)12(16)14-9-10-5-3-2-4-6-10/h2-6,11,13H,7-9H2,1H3,(H,14,16). The van der Waals surface area contributed by atoms with E-state index in [-0.39, 0.29) is 12.1 Å². The average molecular weight is 219 g/mol. The maximum absolute atomic E-state index is 11.8. The van der Waals surface area contributed by atoms with E-state index in [2.05, 4.69) is 10.6 Å². The van der Waals surface area contributed by atoms with Gasteiger partial charge in [0.15, 0.2) is 0 Å². The van der Waals surface area contributed by atoms with E-state index in [0.29, 0.717) is 6.54 Å². The summed E-state index contributed by atoms with van der Waals surface area (Å²) >= 11 is 0. The molecule has 1 unspecified atom stereocenters. The summed E-state index contributed by atoms with van der Waals surface area (Å²) in [5.74, 6) is 0.0452. The number of rotatable bonds is 3. The fraction of sp³-hybridized carbons (Fsp3) is 0.417. The van der Waals surface area contributed by atoms with E-state index in [0.717, 1.165) is 18.7 Å². The second-order valence-electron chi connectivity index (χ2n) is 4.04. The minimum Gasteiger partial charge on any atom is -0.349 e. The van der Waals surface area contributed by atoms with Crippen molar-refractivity contribution < 1.29 is 4.79 Å². The fourth-order valence-electron chi connectivity index (χ4n) is 1.84. The van der Waals surface area contributed by atoms with Gasteiger partial charge in [-0.25, -0.2) is 0 Å². The van der Waals surface area contributed by atoms with Crippen LogP contribution < -0.4 is 10.6 Å². The van der Waals surface area contributed by atoms with Gasteiger partial charge in [-0.3, -0.25) is 15.0 Å². The van der Waals surface area contributed by atoms with Crippen LogP contribution in [0.3, 0.4) is 0 Å². The van der Waals surface area contributed by atoms with Crippen LogP contribution in [0.5, 0.6) is 0 Å². The van der Waals surface area contributed by atoms with Crippen molar-refractivity contribution in [2.24, 2.45) is 0 Å². The van der Waals surface area contributed by atoms with Crippen LogP contribution in [0.25, 0.3) is 0 Å². The largest absolute Gasteiger partial charge is 0.349 e. The number of amides is 1. The Kier molecular flexibility index (Phi) is 3.54. The first-order valence-corrected chi connectivity index (χ1v) is 5.52. The highest BCUT2D eigenvalue weighted by Gasteiger charge is 2.26. The van der Waals surface area contributed by atoms with E-state index in [9.17, 15) is 4.79 Å². The summed E-state index contributed by atoms with van der Waals surface area (Å²) in [4.78, 5) is 13.8. The number of carbonyl (C=O) groups excluding carboxylic acids is 1. The van der Waals surface area contributed by atoms with Gasteiger partial charge in [0.25, 0.3) is 5.91 Å². The summed E-state index contributed by atoms with van der Waals surface area (Å²) in [6.45, 7) is 2.38. The van der Waals surface area contributed by atoms with Gasteiger partial charge in [-0.1, -0.05) is 30.3 Å². The molecular formula is C12H17N3O. The van der Waals surface area contributed by atoms with Gasteiger partial charge in [-0.05, 0) is 12.6 Å².